The number of hydrogen-bond acceptors (Lipinski definition) is 9. The summed E-state index contributed by atoms with van der Waals surface area (Å²) < 4.78 is 6.52. The lowest BCUT2D eigenvalue weighted by molar-refractivity contribution is -0.0319. The van der Waals surface area contributed by atoms with Gasteiger partial charge in [-0.05, 0) is 12.8 Å². The van der Waals surface area contributed by atoms with Gasteiger partial charge in [-0.2, -0.15) is 0 Å². The summed E-state index contributed by atoms with van der Waals surface area (Å²) in [6, 6.07) is 0. The van der Waals surface area contributed by atoms with Crippen LogP contribution in [0.2, 0.25) is 0 Å². The maximum atomic E-state index is 12.8. The molecule has 13 heteroatoms. The number of carbonyl (C=O) groups excluding carboxylic acids is 1. The summed E-state index contributed by atoms with van der Waals surface area (Å²) in [6.07, 6.45) is 2.30. The molecular weight excluding hydrogens is 414 g/mol. The molecule has 0 aromatic carbocycles. The zero-order valence-electron chi connectivity index (χ0n) is 16.0. The Morgan fingerprint density at radius 1 is 1.30 bits per heavy atom. The highest BCUT2D eigenvalue weighted by atomic mass is 32.1. The van der Waals surface area contributed by atoms with Crippen LogP contribution in [-0.4, -0.2) is 71.7 Å². The number of hydrogen-bond donors (Lipinski definition) is 3. The number of aromatic amines is 2. The summed E-state index contributed by atoms with van der Waals surface area (Å²) >= 11 is 1.46. The molecule has 0 spiro atoms. The number of ether oxygens (including phenoxy) is 1. The quantitative estimate of drug-likeness (QED) is 0.483. The zero-order valence-corrected chi connectivity index (χ0v) is 16.8. The van der Waals surface area contributed by atoms with E-state index in [0.29, 0.717) is 18.5 Å². The summed E-state index contributed by atoms with van der Waals surface area (Å²) in [5.41, 5.74) is 0.200. The molecule has 1 aliphatic heterocycles. The van der Waals surface area contributed by atoms with Gasteiger partial charge in [0.25, 0.3) is 11.5 Å². The summed E-state index contributed by atoms with van der Waals surface area (Å²) in [4.78, 5) is 46.2. The molecule has 4 heterocycles. The second-order valence-corrected chi connectivity index (χ2v) is 7.73. The van der Waals surface area contributed by atoms with Gasteiger partial charge in [0.2, 0.25) is 5.75 Å². The number of carbonyl (C=O) groups is 1. The van der Waals surface area contributed by atoms with Crippen LogP contribution in [0.4, 0.5) is 0 Å². The lowest BCUT2D eigenvalue weighted by atomic mass is 9.91. The number of likely N-dealkylation sites (tertiary alicyclic amines) is 1. The summed E-state index contributed by atoms with van der Waals surface area (Å²) in [5.74, 6) is -0.790. The molecule has 0 radical (unpaired) electrons. The van der Waals surface area contributed by atoms with Crippen LogP contribution >= 0.6 is 11.3 Å². The number of rotatable bonds is 5. The van der Waals surface area contributed by atoms with Gasteiger partial charge in [-0.3, -0.25) is 19.6 Å². The Morgan fingerprint density at radius 2 is 2.07 bits per heavy atom. The molecule has 0 unspecified atom stereocenters. The maximum absolute atomic E-state index is 12.8. The van der Waals surface area contributed by atoms with Gasteiger partial charge < -0.3 is 14.7 Å². The lowest BCUT2D eigenvalue weighted by Crippen LogP contribution is -2.49. The van der Waals surface area contributed by atoms with Crippen molar-refractivity contribution in [3.05, 3.63) is 43.6 Å². The number of H-pyrrole nitrogens is 2. The molecule has 3 aromatic rings. The molecule has 4 rings (SSSR count). The predicted molar refractivity (Wildman–Crippen MR) is 105 cm³/mol. The van der Waals surface area contributed by atoms with Gasteiger partial charge in [-0.15, -0.1) is 16.4 Å². The molecule has 1 aliphatic rings. The Hall–Kier alpha value is -3.32. The van der Waals surface area contributed by atoms with E-state index in [4.69, 9.17) is 4.74 Å². The van der Waals surface area contributed by atoms with E-state index >= 15 is 0 Å². The highest BCUT2D eigenvalue weighted by Crippen LogP contribution is 2.26. The van der Waals surface area contributed by atoms with Crippen molar-refractivity contribution in [1.29, 1.82) is 0 Å². The standard InChI is InChI=1S/C17H19N7O5S/c1-29-13-12(19-16(27)20-14(13)25)15(26)23-4-2-17(28,3-5-23)8-24-6-10(21-22-24)11-7-30-9-18-11/h6-7,9,28H,2-5,8H2,1H3,(H2,19,20,25,27). The van der Waals surface area contributed by atoms with Gasteiger partial charge >= 0.3 is 5.69 Å². The molecule has 0 saturated carbocycles. The van der Waals surface area contributed by atoms with Crippen molar-refractivity contribution in [3.8, 4) is 17.1 Å². The molecule has 3 N–H and O–H groups in total. The Morgan fingerprint density at radius 3 is 2.73 bits per heavy atom. The first kappa shape index (κ1) is 20.0. The van der Waals surface area contributed by atoms with E-state index in [2.05, 4.69) is 20.3 Å². The van der Waals surface area contributed by atoms with E-state index in [1.54, 1.807) is 16.4 Å². The second-order valence-electron chi connectivity index (χ2n) is 7.01. The number of piperidine rings is 1. The smallest absolute Gasteiger partial charge is 0.326 e. The molecule has 1 amide bonds. The molecule has 12 nitrogen and oxygen atoms in total. The number of aromatic nitrogens is 6. The summed E-state index contributed by atoms with van der Waals surface area (Å²) in [6.45, 7) is 0.694. The van der Waals surface area contributed by atoms with Gasteiger partial charge in [0.1, 0.15) is 11.4 Å². The van der Waals surface area contributed by atoms with Crippen LogP contribution in [0.25, 0.3) is 11.4 Å². The van der Waals surface area contributed by atoms with Crippen molar-refractivity contribution in [2.45, 2.75) is 25.0 Å². The molecule has 1 saturated heterocycles. The Kier molecular flexibility index (Phi) is 5.22. The second kappa shape index (κ2) is 7.84. The number of nitrogens with zero attached hydrogens (tertiary/aromatic N) is 5. The fourth-order valence-corrected chi connectivity index (χ4v) is 3.94. The van der Waals surface area contributed by atoms with Gasteiger partial charge in [0.15, 0.2) is 5.69 Å². The largest absolute Gasteiger partial charge is 0.489 e. The number of nitrogens with one attached hydrogen (secondary N) is 2. The van der Waals surface area contributed by atoms with Crippen LogP contribution in [0.5, 0.6) is 5.75 Å². The van der Waals surface area contributed by atoms with Crippen LogP contribution in [0, 0.1) is 0 Å². The minimum Gasteiger partial charge on any atom is -0.489 e. The zero-order chi connectivity index (χ0) is 21.3. The molecule has 0 bridgehead atoms. The molecule has 0 aliphatic carbocycles. The average Bonchev–Trinajstić information content (AvgIpc) is 3.39. The van der Waals surface area contributed by atoms with Crippen molar-refractivity contribution >= 4 is 17.2 Å². The van der Waals surface area contributed by atoms with Crippen LogP contribution in [0.1, 0.15) is 23.3 Å². The fourth-order valence-electron chi connectivity index (χ4n) is 3.40. The van der Waals surface area contributed by atoms with Crippen molar-refractivity contribution in [3.63, 3.8) is 0 Å². The Labute approximate surface area is 173 Å². The van der Waals surface area contributed by atoms with E-state index in [9.17, 15) is 19.5 Å². The monoisotopic (exact) mass is 433 g/mol. The first-order valence-corrected chi connectivity index (χ1v) is 10.0. The number of methoxy groups -OCH3 is 1. The van der Waals surface area contributed by atoms with Crippen molar-refractivity contribution in [2.75, 3.05) is 20.2 Å². The summed E-state index contributed by atoms with van der Waals surface area (Å²) in [7, 11) is 1.24. The Bertz CT molecular complexity index is 1160. The summed E-state index contributed by atoms with van der Waals surface area (Å²) in [5, 5.41) is 20.9. The molecule has 30 heavy (non-hydrogen) atoms. The Balaban J connectivity index is 1.44. The van der Waals surface area contributed by atoms with Crippen LogP contribution in [-0.2, 0) is 6.54 Å². The third-order valence-corrected chi connectivity index (χ3v) is 5.57. The van der Waals surface area contributed by atoms with Gasteiger partial charge in [0, 0.05) is 18.5 Å². The SMILES string of the molecule is COc1c(C(=O)N2CCC(O)(Cn3cc(-c4cscn4)nn3)CC2)[nH]c(=O)[nH]c1=O. The molecule has 158 valence electrons. The van der Waals surface area contributed by atoms with Crippen LogP contribution < -0.4 is 16.0 Å². The van der Waals surface area contributed by atoms with Gasteiger partial charge in [-0.25, -0.2) is 14.5 Å². The molecule has 0 atom stereocenters. The van der Waals surface area contributed by atoms with Crippen LogP contribution in [0.3, 0.4) is 0 Å². The topological polar surface area (TPSA) is 159 Å². The van der Waals surface area contributed by atoms with Crippen LogP contribution in [0.15, 0.2) is 26.7 Å². The predicted octanol–water partition coefficient (Wildman–Crippen LogP) is -0.546. The molecule has 1 fully saturated rings. The maximum Gasteiger partial charge on any atom is 0.326 e. The minimum atomic E-state index is -1.07. The first-order chi connectivity index (χ1) is 14.4. The molecule has 3 aromatic heterocycles. The molecular formula is C17H19N7O5S. The van der Waals surface area contributed by atoms with E-state index in [-0.39, 0.29) is 31.1 Å². The van der Waals surface area contributed by atoms with E-state index in [0.717, 1.165) is 5.69 Å². The van der Waals surface area contributed by atoms with Gasteiger partial charge in [-0.1, -0.05) is 5.21 Å². The van der Waals surface area contributed by atoms with Crippen molar-refractivity contribution in [2.24, 2.45) is 0 Å². The van der Waals surface area contributed by atoms with Gasteiger partial charge in [0.05, 0.1) is 31.0 Å². The average molecular weight is 433 g/mol. The lowest BCUT2D eigenvalue weighted by Gasteiger charge is -2.37. The third kappa shape index (κ3) is 3.89. The minimum absolute atomic E-state index is 0.208. The number of amides is 1. The highest BCUT2D eigenvalue weighted by molar-refractivity contribution is 7.07. The van der Waals surface area contributed by atoms with E-state index < -0.39 is 22.8 Å². The van der Waals surface area contributed by atoms with Crippen molar-refractivity contribution < 1.29 is 14.6 Å². The third-order valence-electron chi connectivity index (χ3n) is 4.99. The normalized spacial score (nSPS) is 15.9. The number of thiazole rings is 1. The van der Waals surface area contributed by atoms with E-state index in [1.165, 1.54) is 23.3 Å². The number of aliphatic hydroxyl groups is 1. The first-order valence-electron chi connectivity index (χ1n) is 9.09. The van der Waals surface area contributed by atoms with Crippen molar-refractivity contribution in [1.82, 2.24) is 34.8 Å². The highest BCUT2D eigenvalue weighted by Gasteiger charge is 2.36. The van der Waals surface area contributed by atoms with E-state index in [1.807, 2.05) is 10.4 Å². The fraction of sp³-hybridized carbons (Fsp3) is 0.412.